The molecule has 0 atom stereocenters. The summed E-state index contributed by atoms with van der Waals surface area (Å²) in [6.07, 6.45) is 3.60. The molecule has 0 fully saturated rings. The largest absolute Gasteiger partial charge is 0.494 e. The van der Waals surface area contributed by atoms with E-state index >= 15 is 0 Å². The van der Waals surface area contributed by atoms with Gasteiger partial charge in [0.05, 0.1) is 12.2 Å². The van der Waals surface area contributed by atoms with Gasteiger partial charge in [-0.25, -0.2) is 0 Å². The van der Waals surface area contributed by atoms with Crippen molar-refractivity contribution in [2.75, 3.05) is 6.61 Å². The molecule has 0 N–H and O–H groups in total. The van der Waals surface area contributed by atoms with Crippen LogP contribution in [0.4, 0.5) is 0 Å². The van der Waals surface area contributed by atoms with Crippen molar-refractivity contribution in [3.05, 3.63) is 36.0 Å². The molecule has 1 aromatic carbocycles. The Morgan fingerprint density at radius 3 is 2.58 bits per heavy atom. The highest BCUT2D eigenvalue weighted by Gasteiger charge is 2.10. The number of aromatic nitrogens is 2. The van der Waals surface area contributed by atoms with Gasteiger partial charge in [-0.3, -0.25) is 9.48 Å². The van der Waals surface area contributed by atoms with Gasteiger partial charge in [0.15, 0.2) is 6.29 Å². The van der Waals surface area contributed by atoms with E-state index in [2.05, 4.69) is 12.0 Å². The van der Waals surface area contributed by atoms with Crippen LogP contribution in [0.15, 0.2) is 30.5 Å². The van der Waals surface area contributed by atoms with Crippen molar-refractivity contribution in [2.45, 2.75) is 26.8 Å². The maximum atomic E-state index is 11.1. The summed E-state index contributed by atoms with van der Waals surface area (Å²) >= 11 is 0. The first-order chi connectivity index (χ1) is 9.28. The third-order valence-electron chi connectivity index (χ3n) is 2.84. The minimum Gasteiger partial charge on any atom is -0.494 e. The summed E-state index contributed by atoms with van der Waals surface area (Å²) in [5.41, 5.74) is 2.26. The number of ether oxygens (including phenoxy) is 1. The molecule has 4 nitrogen and oxygen atoms in total. The molecule has 0 bridgehead atoms. The number of hydrogen-bond acceptors (Lipinski definition) is 3. The van der Waals surface area contributed by atoms with Gasteiger partial charge in [-0.15, -0.1) is 0 Å². The Morgan fingerprint density at radius 1 is 1.26 bits per heavy atom. The van der Waals surface area contributed by atoms with E-state index in [4.69, 9.17) is 4.74 Å². The summed E-state index contributed by atoms with van der Waals surface area (Å²) in [6, 6.07) is 7.68. The zero-order valence-corrected chi connectivity index (χ0v) is 11.3. The fraction of sp³-hybridized carbons (Fsp3) is 0.333. The molecule has 1 heterocycles. The second kappa shape index (κ2) is 6.18. The Hall–Kier alpha value is -2.10. The normalized spacial score (nSPS) is 10.4. The van der Waals surface area contributed by atoms with Gasteiger partial charge in [0.1, 0.15) is 11.4 Å². The average Bonchev–Trinajstić information content (AvgIpc) is 2.89. The summed E-state index contributed by atoms with van der Waals surface area (Å²) in [4.78, 5) is 11.1. The van der Waals surface area contributed by atoms with E-state index in [1.807, 2.05) is 31.2 Å². The number of carbonyl (C=O) groups excluding carboxylic acids is 1. The van der Waals surface area contributed by atoms with Gasteiger partial charge < -0.3 is 4.74 Å². The molecule has 0 aliphatic heterocycles. The predicted molar refractivity (Wildman–Crippen MR) is 74.5 cm³/mol. The molecule has 19 heavy (non-hydrogen) atoms. The number of rotatable bonds is 6. The van der Waals surface area contributed by atoms with E-state index in [0.29, 0.717) is 12.2 Å². The molecule has 0 radical (unpaired) electrons. The highest BCUT2D eigenvalue weighted by molar-refractivity contribution is 5.85. The Labute approximate surface area is 113 Å². The van der Waals surface area contributed by atoms with Crippen LogP contribution in [0.1, 0.15) is 30.6 Å². The topological polar surface area (TPSA) is 44.1 Å². The Morgan fingerprint density at radius 2 is 2.00 bits per heavy atom. The molecule has 0 saturated carbocycles. The monoisotopic (exact) mass is 258 g/mol. The number of nitrogens with zero attached hydrogens (tertiary/aromatic N) is 2. The maximum Gasteiger partial charge on any atom is 0.153 e. The SMILES string of the molecule is CCCOc1ccc(-c2nn(CC)cc2C=O)cc1. The number of carbonyl (C=O) groups is 1. The van der Waals surface area contributed by atoms with Gasteiger partial charge in [-0.1, -0.05) is 6.92 Å². The molecule has 0 unspecified atom stereocenters. The van der Waals surface area contributed by atoms with Gasteiger partial charge in [-0.2, -0.15) is 5.10 Å². The molecule has 2 aromatic rings. The van der Waals surface area contributed by atoms with Crippen LogP contribution < -0.4 is 4.74 Å². The molecule has 0 saturated heterocycles. The lowest BCUT2D eigenvalue weighted by atomic mass is 10.1. The van der Waals surface area contributed by atoms with Gasteiger partial charge in [-0.05, 0) is 37.6 Å². The van der Waals surface area contributed by atoms with Crippen molar-refractivity contribution >= 4 is 6.29 Å². The fourth-order valence-corrected chi connectivity index (χ4v) is 1.84. The Bertz CT molecular complexity index is 544. The van der Waals surface area contributed by atoms with E-state index < -0.39 is 0 Å². The van der Waals surface area contributed by atoms with Crippen LogP contribution in [-0.4, -0.2) is 22.7 Å². The lowest BCUT2D eigenvalue weighted by Crippen LogP contribution is -1.95. The molecule has 0 spiro atoms. The summed E-state index contributed by atoms with van der Waals surface area (Å²) in [5, 5.41) is 4.41. The molecular formula is C15H18N2O2. The van der Waals surface area contributed by atoms with E-state index in [1.54, 1.807) is 10.9 Å². The van der Waals surface area contributed by atoms with Crippen LogP contribution in [-0.2, 0) is 6.54 Å². The van der Waals surface area contributed by atoms with Crippen molar-refractivity contribution < 1.29 is 9.53 Å². The van der Waals surface area contributed by atoms with Gasteiger partial charge in [0.25, 0.3) is 0 Å². The van der Waals surface area contributed by atoms with Crippen LogP contribution in [0.3, 0.4) is 0 Å². The summed E-state index contributed by atoms with van der Waals surface area (Å²) in [6.45, 7) is 5.52. The van der Waals surface area contributed by atoms with Crippen molar-refractivity contribution in [1.29, 1.82) is 0 Å². The molecule has 100 valence electrons. The van der Waals surface area contributed by atoms with Crippen molar-refractivity contribution in [3.8, 4) is 17.0 Å². The van der Waals surface area contributed by atoms with Crippen molar-refractivity contribution in [3.63, 3.8) is 0 Å². The highest BCUT2D eigenvalue weighted by atomic mass is 16.5. The molecule has 0 aliphatic carbocycles. The van der Waals surface area contributed by atoms with E-state index in [1.165, 1.54) is 0 Å². The molecule has 4 heteroatoms. The number of benzene rings is 1. The van der Waals surface area contributed by atoms with Crippen LogP contribution in [0.5, 0.6) is 5.75 Å². The van der Waals surface area contributed by atoms with Crippen molar-refractivity contribution in [2.24, 2.45) is 0 Å². The smallest absolute Gasteiger partial charge is 0.153 e. The minimum absolute atomic E-state index is 0.615. The van der Waals surface area contributed by atoms with Gasteiger partial charge in [0.2, 0.25) is 0 Å². The van der Waals surface area contributed by atoms with Gasteiger partial charge >= 0.3 is 0 Å². The van der Waals surface area contributed by atoms with Crippen LogP contribution >= 0.6 is 0 Å². The average molecular weight is 258 g/mol. The van der Waals surface area contributed by atoms with E-state index in [0.717, 1.165) is 36.3 Å². The third kappa shape index (κ3) is 3.02. The quantitative estimate of drug-likeness (QED) is 0.747. The Kier molecular flexibility index (Phi) is 4.34. The second-order valence-corrected chi connectivity index (χ2v) is 4.28. The summed E-state index contributed by atoms with van der Waals surface area (Å²) in [7, 11) is 0. The predicted octanol–water partition coefficient (Wildman–Crippen LogP) is 3.17. The number of aldehydes is 1. The zero-order chi connectivity index (χ0) is 13.7. The third-order valence-corrected chi connectivity index (χ3v) is 2.84. The van der Waals surface area contributed by atoms with Crippen LogP contribution in [0.2, 0.25) is 0 Å². The molecular weight excluding hydrogens is 240 g/mol. The first-order valence-corrected chi connectivity index (χ1v) is 6.54. The molecule has 1 aromatic heterocycles. The first kappa shape index (κ1) is 13.3. The fourth-order valence-electron chi connectivity index (χ4n) is 1.84. The van der Waals surface area contributed by atoms with E-state index in [9.17, 15) is 4.79 Å². The second-order valence-electron chi connectivity index (χ2n) is 4.28. The zero-order valence-electron chi connectivity index (χ0n) is 11.3. The van der Waals surface area contributed by atoms with E-state index in [-0.39, 0.29) is 0 Å². The summed E-state index contributed by atoms with van der Waals surface area (Å²) < 4.78 is 7.30. The lowest BCUT2D eigenvalue weighted by Gasteiger charge is -2.05. The molecule has 2 rings (SSSR count). The molecule has 0 aliphatic rings. The van der Waals surface area contributed by atoms with Crippen LogP contribution in [0.25, 0.3) is 11.3 Å². The molecule has 0 amide bonds. The summed E-state index contributed by atoms with van der Waals surface area (Å²) in [5.74, 6) is 0.841. The highest BCUT2D eigenvalue weighted by Crippen LogP contribution is 2.23. The standard InChI is InChI=1S/C15H18N2O2/c1-3-9-19-14-7-5-12(6-8-14)15-13(11-18)10-17(4-2)16-15/h5-8,10-11H,3-4,9H2,1-2H3. The lowest BCUT2D eigenvalue weighted by molar-refractivity contribution is 0.112. The van der Waals surface area contributed by atoms with Crippen molar-refractivity contribution in [1.82, 2.24) is 9.78 Å². The van der Waals surface area contributed by atoms with Gasteiger partial charge in [0, 0.05) is 18.3 Å². The number of hydrogen-bond donors (Lipinski definition) is 0. The first-order valence-electron chi connectivity index (χ1n) is 6.54. The number of aryl methyl sites for hydroxylation is 1. The Balaban J connectivity index is 2.26. The maximum absolute atomic E-state index is 11.1. The minimum atomic E-state index is 0.615. The van der Waals surface area contributed by atoms with Crippen LogP contribution in [0, 0.1) is 0 Å².